The SMILES string of the molecule is CCc1ccsc1C(=O)NCCCCC(=O)O. The number of carbonyl (C=O) groups is 2. The van der Waals surface area contributed by atoms with Gasteiger partial charge < -0.3 is 10.4 Å². The van der Waals surface area contributed by atoms with Gasteiger partial charge in [-0.05, 0) is 36.3 Å². The molecular weight excluding hydrogens is 238 g/mol. The van der Waals surface area contributed by atoms with Gasteiger partial charge >= 0.3 is 5.97 Å². The van der Waals surface area contributed by atoms with E-state index in [1.807, 2.05) is 18.4 Å². The lowest BCUT2D eigenvalue weighted by molar-refractivity contribution is -0.137. The highest BCUT2D eigenvalue weighted by molar-refractivity contribution is 7.12. The van der Waals surface area contributed by atoms with Crippen LogP contribution in [-0.2, 0) is 11.2 Å². The number of nitrogens with one attached hydrogen (secondary N) is 1. The van der Waals surface area contributed by atoms with Crippen LogP contribution in [0.5, 0.6) is 0 Å². The number of carboxylic acids is 1. The van der Waals surface area contributed by atoms with E-state index in [-0.39, 0.29) is 12.3 Å². The van der Waals surface area contributed by atoms with Gasteiger partial charge in [-0.15, -0.1) is 11.3 Å². The predicted octanol–water partition coefficient (Wildman–Crippen LogP) is 2.30. The molecule has 1 rings (SSSR count). The Balaban J connectivity index is 2.28. The molecule has 0 fully saturated rings. The number of unbranched alkanes of at least 4 members (excludes halogenated alkanes) is 1. The van der Waals surface area contributed by atoms with Crippen LogP contribution in [-0.4, -0.2) is 23.5 Å². The molecule has 0 radical (unpaired) electrons. The molecule has 0 unspecified atom stereocenters. The predicted molar refractivity (Wildman–Crippen MR) is 67.5 cm³/mol. The molecule has 4 nitrogen and oxygen atoms in total. The first kappa shape index (κ1) is 13.7. The van der Waals surface area contributed by atoms with Gasteiger partial charge in [0.2, 0.25) is 0 Å². The van der Waals surface area contributed by atoms with E-state index < -0.39 is 5.97 Å². The summed E-state index contributed by atoms with van der Waals surface area (Å²) in [6.45, 7) is 2.55. The van der Waals surface area contributed by atoms with Crippen molar-refractivity contribution in [3.8, 4) is 0 Å². The number of aliphatic carboxylic acids is 1. The van der Waals surface area contributed by atoms with E-state index in [1.165, 1.54) is 11.3 Å². The number of hydrogen-bond donors (Lipinski definition) is 2. The van der Waals surface area contributed by atoms with Crippen molar-refractivity contribution < 1.29 is 14.7 Å². The largest absolute Gasteiger partial charge is 0.481 e. The van der Waals surface area contributed by atoms with Crippen LogP contribution in [0.25, 0.3) is 0 Å². The number of thiophene rings is 1. The van der Waals surface area contributed by atoms with Crippen LogP contribution in [0.4, 0.5) is 0 Å². The normalized spacial score (nSPS) is 10.2. The molecule has 0 aliphatic rings. The second-order valence-corrected chi connectivity index (χ2v) is 4.65. The van der Waals surface area contributed by atoms with E-state index in [1.54, 1.807) is 0 Å². The zero-order valence-electron chi connectivity index (χ0n) is 9.86. The fourth-order valence-corrected chi connectivity index (χ4v) is 2.41. The average Bonchev–Trinajstić information content (AvgIpc) is 2.75. The van der Waals surface area contributed by atoms with Crippen LogP contribution in [0.3, 0.4) is 0 Å². The van der Waals surface area contributed by atoms with Crippen molar-refractivity contribution in [3.05, 3.63) is 21.9 Å². The van der Waals surface area contributed by atoms with Crippen LogP contribution in [0.1, 0.15) is 41.4 Å². The second kappa shape index (κ2) is 7.06. The van der Waals surface area contributed by atoms with Gasteiger partial charge in [-0.2, -0.15) is 0 Å². The van der Waals surface area contributed by atoms with E-state index in [4.69, 9.17) is 5.11 Å². The summed E-state index contributed by atoms with van der Waals surface area (Å²) in [6.07, 6.45) is 2.31. The molecule has 1 aromatic rings. The van der Waals surface area contributed by atoms with Crippen LogP contribution < -0.4 is 5.32 Å². The van der Waals surface area contributed by atoms with Crippen molar-refractivity contribution >= 4 is 23.2 Å². The minimum atomic E-state index is -0.789. The molecule has 5 heteroatoms. The first-order valence-electron chi connectivity index (χ1n) is 5.71. The summed E-state index contributed by atoms with van der Waals surface area (Å²) < 4.78 is 0. The highest BCUT2D eigenvalue weighted by atomic mass is 32.1. The van der Waals surface area contributed by atoms with Gasteiger partial charge in [-0.3, -0.25) is 9.59 Å². The number of hydrogen-bond acceptors (Lipinski definition) is 3. The minimum absolute atomic E-state index is 0.0489. The van der Waals surface area contributed by atoms with Crippen LogP contribution in [0.2, 0.25) is 0 Å². The smallest absolute Gasteiger partial charge is 0.303 e. The third kappa shape index (κ3) is 4.56. The van der Waals surface area contributed by atoms with Gasteiger partial charge in [0.1, 0.15) is 0 Å². The Kier molecular flexibility index (Phi) is 5.69. The first-order chi connectivity index (χ1) is 8.15. The minimum Gasteiger partial charge on any atom is -0.481 e. The number of rotatable bonds is 7. The van der Waals surface area contributed by atoms with Crippen LogP contribution in [0.15, 0.2) is 11.4 Å². The highest BCUT2D eigenvalue weighted by Crippen LogP contribution is 2.16. The second-order valence-electron chi connectivity index (χ2n) is 3.74. The molecule has 0 atom stereocenters. The van der Waals surface area contributed by atoms with Gasteiger partial charge in [-0.1, -0.05) is 6.92 Å². The van der Waals surface area contributed by atoms with Gasteiger partial charge in [0, 0.05) is 13.0 Å². The lowest BCUT2D eigenvalue weighted by Gasteiger charge is -2.04. The summed E-state index contributed by atoms with van der Waals surface area (Å²) in [5.74, 6) is -0.838. The molecule has 0 aromatic carbocycles. The third-order valence-electron chi connectivity index (χ3n) is 2.44. The van der Waals surface area contributed by atoms with Crippen molar-refractivity contribution in [2.75, 3.05) is 6.54 Å². The zero-order chi connectivity index (χ0) is 12.7. The first-order valence-corrected chi connectivity index (χ1v) is 6.59. The molecular formula is C12H17NO3S. The summed E-state index contributed by atoms with van der Waals surface area (Å²) in [5.41, 5.74) is 1.07. The molecule has 0 aliphatic heterocycles. The quantitative estimate of drug-likeness (QED) is 0.735. The topological polar surface area (TPSA) is 66.4 Å². The molecule has 17 heavy (non-hydrogen) atoms. The van der Waals surface area contributed by atoms with E-state index >= 15 is 0 Å². The van der Waals surface area contributed by atoms with E-state index in [9.17, 15) is 9.59 Å². The molecule has 0 saturated heterocycles. The molecule has 0 saturated carbocycles. The molecule has 94 valence electrons. The van der Waals surface area contributed by atoms with Gasteiger partial charge in [0.25, 0.3) is 5.91 Å². The van der Waals surface area contributed by atoms with Gasteiger partial charge in [-0.25, -0.2) is 0 Å². The van der Waals surface area contributed by atoms with Crippen molar-refractivity contribution in [3.63, 3.8) is 0 Å². The summed E-state index contributed by atoms with van der Waals surface area (Å²) >= 11 is 1.44. The Morgan fingerprint density at radius 1 is 1.41 bits per heavy atom. The van der Waals surface area contributed by atoms with Crippen LogP contribution >= 0.6 is 11.3 Å². The summed E-state index contributed by atoms with van der Waals surface area (Å²) in [7, 11) is 0. The average molecular weight is 255 g/mol. The monoisotopic (exact) mass is 255 g/mol. The molecule has 0 aliphatic carbocycles. The maximum Gasteiger partial charge on any atom is 0.303 e. The van der Waals surface area contributed by atoms with E-state index in [2.05, 4.69) is 5.32 Å². The Labute approximate surface area is 105 Å². The number of aryl methyl sites for hydroxylation is 1. The van der Waals surface area contributed by atoms with Crippen molar-refractivity contribution in [1.29, 1.82) is 0 Å². The fraction of sp³-hybridized carbons (Fsp3) is 0.500. The van der Waals surface area contributed by atoms with Gasteiger partial charge in [0.15, 0.2) is 0 Å². The van der Waals surface area contributed by atoms with Crippen molar-refractivity contribution in [2.24, 2.45) is 0 Å². The summed E-state index contributed by atoms with van der Waals surface area (Å²) in [6, 6.07) is 1.96. The Morgan fingerprint density at radius 2 is 2.18 bits per heavy atom. The molecule has 2 N–H and O–H groups in total. The Morgan fingerprint density at radius 3 is 2.82 bits per heavy atom. The van der Waals surface area contributed by atoms with Crippen LogP contribution in [0, 0.1) is 0 Å². The number of carboxylic acid groups (broad SMARTS) is 1. The Bertz CT molecular complexity index is 387. The summed E-state index contributed by atoms with van der Waals surface area (Å²) in [5, 5.41) is 13.2. The number of carbonyl (C=O) groups excluding carboxylic acids is 1. The Hall–Kier alpha value is -1.36. The van der Waals surface area contributed by atoms with E-state index in [0.717, 1.165) is 16.9 Å². The highest BCUT2D eigenvalue weighted by Gasteiger charge is 2.10. The molecule has 1 amide bonds. The maximum atomic E-state index is 11.8. The van der Waals surface area contributed by atoms with Crippen molar-refractivity contribution in [2.45, 2.75) is 32.6 Å². The lowest BCUT2D eigenvalue weighted by atomic mass is 10.2. The standard InChI is InChI=1S/C12H17NO3S/c1-2-9-6-8-17-11(9)12(16)13-7-4-3-5-10(14)15/h6,8H,2-5,7H2,1H3,(H,13,16)(H,14,15). The van der Waals surface area contributed by atoms with E-state index in [0.29, 0.717) is 19.4 Å². The van der Waals surface area contributed by atoms with Gasteiger partial charge in [0.05, 0.1) is 4.88 Å². The fourth-order valence-electron chi connectivity index (χ4n) is 1.50. The maximum absolute atomic E-state index is 11.8. The number of amides is 1. The summed E-state index contributed by atoms with van der Waals surface area (Å²) in [4.78, 5) is 22.8. The van der Waals surface area contributed by atoms with Crippen molar-refractivity contribution in [1.82, 2.24) is 5.32 Å². The lowest BCUT2D eigenvalue weighted by Crippen LogP contribution is -2.24. The molecule has 0 bridgehead atoms. The third-order valence-corrected chi connectivity index (χ3v) is 3.39. The molecule has 1 aromatic heterocycles. The molecule has 1 heterocycles. The zero-order valence-corrected chi connectivity index (χ0v) is 10.7. The molecule has 0 spiro atoms.